The van der Waals surface area contributed by atoms with Gasteiger partial charge in [0, 0.05) is 24.2 Å². The third-order valence-corrected chi connectivity index (χ3v) is 2.64. The van der Waals surface area contributed by atoms with Crippen LogP contribution in [0.15, 0.2) is 24.3 Å². The molecule has 0 saturated heterocycles. The lowest BCUT2D eigenvalue weighted by molar-refractivity contribution is -0.385. The summed E-state index contributed by atoms with van der Waals surface area (Å²) in [5.41, 5.74) is 0.409. The molecule has 18 heavy (non-hydrogen) atoms. The van der Waals surface area contributed by atoms with Gasteiger partial charge in [0.2, 0.25) is 5.91 Å². The number of nitrogens with zero attached hydrogens (tertiary/aromatic N) is 1. The first-order valence-electron chi connectivity index (χ1n) is 5.71. The van der Waals surface area contributed by atoms with Crippen LogP contribution in [0.25, 0.3) is 0 Å². The lowest BCUT2D eigenvalue weighted by Gasteiger charge is -2.11. The van der Waals surface area contributed by atoms with Crippen LogP contribution in [0.4, 0.5) is 5.69 Å². The first kappa shape index (κ1) is 14.1. The van der Waals surface area contributed by atoms with E-state index in [4.69, 9.17) is 0 Å². The van der Waals surface area contributed by atoms with Crippen LogP contribution in [0.3, 0.4) is 0 Å². The van der Waals surface area contributed by atoms with Gasteiger partial charge in [0.15, 0.2) is 0 Å². The molecule has 0 fully saturated rings. The fraction of sp³-hybridized carbons (Fsp3) is 0.417. The summed E-state index contributed by atoms with van der Waals surface area (Å²) in [6, 6.07) is 6.44. The third-order valence-electron chi connectivity index (χ3n) is 2.64. The molecule has 0 aliphatic heterocycles. The van der Waals surface area contributed by atoms with Crippen LogP contribution in [0, 0.1) is 10.1 Å². The lowest BCUT2D eigenvalue weighted by Crippen LogP contribution is -2.37. The van der Waals surface area contributed by atoms with Crippen LogP contribution in [-0.4, -0.2) is 30.5 Å². The van der Waals surface area contributed by atoms with Crippen molar-refractivity contribution in [1.29, 1.82) is 0 Å². The number of likely N-dealkylation sites (N-methyl/N-ethyl adjacent to an activating group) is 1. The van der Waals surface area contributed by atoms with E-state index in [2.05, 4.69) is 10.6 Å². The van der Waals surface area contributed by atoms with E-state index in [0.29, 0.717) is 12.1 Å². The summed E-state index contributed by atoms with van der Waals surface area (Å²) < 4.78 is 0. The fourth-order valence-corrected chi connectivity index (χ4v) is 1.44. The third kappa shape index (κ3) is 4.14. The molecule has 1 rings (SSSR count). The molecule has 0 bridgehead atoms. The molecule has 6 nitrogen and oxygen atoms in total. The standard InChI is InChI=1S/C12H17N3O3/c1-9(13-2)8-14-12(16)7-10-5-3-4-6-11(10)15(17)18/h3-6,9,13H,7-8H2,1-2H3,(H,14,16). The first-order chi connectivity index (χ1) is 8.54. The van der Waals surface area contributed by atoms with Gasteiger partial charge in [0.25, 0.3) is 5.69 Å². The number of carbonyl (C=O) groups excluding carboxylic acids is 1. The Bertz CT molecular complexity index is 434. The second kappa shape index (κ2) is 6.70. The number of nitrogens with one attached hydrogen (secondary N) is 2. The lowest BCUT2D eigenvalue weighted by atomic mass is 10.1. The average molecular weight is 251 g/mol. The summed E-state index contributed by atoms with van der Waals surface area (Å²) in [5.74, 6) is -0.216. The number of nitro groups is 1. The molecular formula is C12H17N3O3. The van der Waals surface area contributed by atoms with Gasteiger partial charge in [-0.2, -0.15) is 0 Å². The zero-order chi connectivity index (χ0) is 13.5. The van der Waals surface area contributed by atoms with Crippen molar-refractivity contribution in [1.82, 2.24) is 10.6 Å². The Hall–Kier alpha value is -1.95. The molecule has 1 aromatic rings. The van der Waals surface area contributed by atoms with Gasteiger partial charge < -0.3 is 10.6 Å². The van der Waals surface area contributed by atoms with E-state index in [-0.39, 0.29) is 24.1 Å². The highest BCUT2D eigenvalue weighted by molar-refractivity contribution is 5.79. The van der Waals surface area contributed by atoms with Gasteiger partial charge in [0.1, 0.15) is 0 Å². The van der Waals surface area contributed by atoms with E-state index in [1.54, 1.807) is 25.2 Å². The fourth-order valence-electron chi connectivity index (χ4n) is 1.44. The van der Waals surface area contributed by atoms with Crippen molar-refractivity contribution in [2.75, 3.05) is 13.6 Å². The molecule has 6 heteroatoms. The number of hydrogen-bond acceptors (Lipinski definition) is 4. The van der Waals surface area contributed by atoms with E-state index in [1.807, 2.05) is 6.92 Å². The second-order valence-electron chi connectivity index (χ2n) is 4.06. The summed E-state index contributed by atoms with van der Waals surface area (Å²) in [5, 5.41) is 16.5. The number of hydrogen-bond donors (Lipinski definition) is 2. The van der Waals surface area contributed by atoms with E-state index in [1.165, 1.54) is 6.07 Å². The normalized spacial score (nSPS) is 11.9. The summed E-state index contributed by atoms with van der Waals surface area (Å²) in [4.78, 5) is 22.0. The van der Waals surface area contributed by atoms with Crippen molar-refractivity contribution in [2.45, 2.75) is 19.4 Å². The van der Waals surface area contributed by atoms with Gasteiger partial charge in [-0.1, -0.05) is 18.2 Å². The minimum Gasteiger partial charge on any atom is -0.354 e. The number of para-hydroxylation sites is 1. The van der Waals surface area contributed by atoms with Crippen molar-refractivity contribution < 1.29 is 9.72 Å². The monoisotopic (exact) mass is 251 g/mol. The van der Waals surface area contributed by atoms with Gasteiger partial charge in [-0.25, -0.2) is 0 Å². The molecular weight excluding hydrogens is 234 g/mol. The molecule has 1 aromatic carbocycles. The van der Waals surface area contributed by atoms with Crippen LogP contribution in [-0.2, 0) is 11.2 Å². The molecule has 98 valence electrons. The van der Waals surface area contributed by atoms with Gasteiger partial charge in [-0.05, 0) is 14.0 Å². The molecule has 0 heterocycles. The summed E-state index contributed by atoms with van der Waals surface area (Å²) in [7, 11) is 1.80. The SMILES string of the molecule is CNC(C)CNC(=O)Cc1ccccc1[N+](=O)[O-]. The molecule has 1 atom stereocenters. The minimum atomic E-state index is -0.473. The number of rotatable bonds is 6. The van der Waals surface area contributed by atoms with E-state index in [9.17, 15) is 14.9 Å². The minimum absolute atomic E-state index is 0.0192. The van der Waals surface area contributed by atoms with Crippen molar-refractivity contribution >= 4 is 11.6 Å². The molecule has 1 unspecified atom stereocenters. The predicted molar refractivity (Wildman–Crippen MR) is 68.3 cm³/mol. The summed E-state index contributed by atoms with van der Waals surface area (Å²) in [6.45, 7) is 2.43. The zero-order valence-electron chi connectivity index (χ0n) is 10.5. The summed E-state index contributed by atoms with van der Waals surface area (Å²) >= 11 is 0. The number of amides is 1. The van der Waals surface area contributed by atoms with Crippen molar-refractivity contribution in [3.05, 3.63) is 39.9 Å². The Morgan fingerprint density at radius 2 is 2.11 bits per heavy atom. The van der Waals surface area contributed by atoms with Crippen molar-refractivity contribution in [2.24, 2.45) is 0 Å². The van der Waals surface area contributed by atoms with Crippen LogP contribution in [0.2, 0.25) is 0 Å². The van der Waals surface area contributed by atoms with Gasteiger partial charge >= 0.3 is 0 Å². The smallest absolute Gasteiger partial charge is 0.273 e. The van der Waals surface area contributed by atoms with E-state index < -0.39 is 4.92 Å². The molecule has 0 aliphatic carbocycles. The van der Waals surface area contributed by atoms with Gasteiger partial charge in [0.05, 0.1) is 11.3 Å². The number of nitro benzene ring substituents is 1. The van der Waals surface area contributed by atoms with E-state index >= 15 is 0 Å². The maximum atomic E-state index is 11.6. The van der Waals surface area contributed by atoms with Crippen molar-refractivity contribution in [3.63, 3.8) is 0 Å². The molecule has 0 aliphatic rings. The topological polar surface area (TPSA) is 84.3 Å². The Balaban J connectivity index is 2.62. The van der Waals surface area contributed by atoms with Crippen molar-refractivity contribution in [3.8, 4) is 0 Å². The Kier molecular flexibility index (Phi) is 5.26. The second-order valence-corrected chi connectivity index (χ2v) is 4.06. The number of carbonyl (C=O) groups is 1. The van der Waals surface area contributed by atoms with Crippen LogP contribution in [0.1, 0.15) is 12.5 Å². The average Bonchev–Trinajstić information content (AvgIpc) is 2.36. The van der Waals surface area contributed by atoms with Crippen LogP contribution >= 0.6 is 0 Å². The van der Waals surface area contributed by atoms with E-state index in [0.717, 1.165) is 0 Å². The van der Waals surface area contributed by atoms with Crippen LogP contribution in [0.5, 0.6) is 0 Å². The van der Waals surface area contributed by atoms with Gasteiger partial charge in [-0.3, -0.25) is 14.9 Å². The van der Waals surface area contributed by atoms with Crippen LogP contribution < -0.4 is 10.6 Å². The largest absolute Gasteiger partial charge is 0.354 e. The Morgan fingerprint density at radius 3 is 2.72 bits per heavy atom. The zero-order valence-corrected chi connectivity index (χ0v) is 10.5. The summed E-state index contributed by atoms with van der Waals surface area (Å²) in [6.07, 6.45) is 0.0214. The molecule has 2 N–H and O–H groups in total. The quantitative estimate of drug-likeness (QED) is 0.580. The molecule has 1 amide bonds. The number of benzene rings is 1. The predicted octanol–water partition coefficient (Wildman–Crippen LogP) is 0.861. The first-order valence-corrected chi connectivity index (χ1v) is 5.71. The van der Waals surface area contributed by atoms with Gasteiger partial charge in [-0.15, -0.1) is 0 Å². The maximum Gasteiger partial charge on any atom is 0.273 e. The molecule has 0 radical (unpaired) electrons. The Labute approximate surface area is 106 Å². The highest BCUT2D eigenvalue weighted by atomic mass is 16.6. The maximum absolute atomic E-state index is 11.6. The molecule has 0 aromatic heterocycles. The Morgan fingerprint density at radius 1 is 1.44 bits per heavy atom. The highest BCUT2D eigenvalue weighted by Gasteiger charge is 2.15. The molecule has 0 spiro atoms. The highest BCUT2D eigenvalue weighted by Crippen LogP contribution is 2.17. The molecule has 0 saturated carbocycles.